The van der Waals surface area contributed by atoms with E-state index in [2.05, 4.69) is 39.8 Å². The molecule has 158 valence electrons. The first kappa shape index (κ1) is 22.0. The van der Waals surface area contributed by atoms with Gasteiger partial charge in [-0.3, -0.25) is 4.79 Å². The maximum atomic E-state index is 12.7. The van der Waals surface area contributed by atoms with Gasteiger partial charge in [0.15, 0.2) is 0 Å². The van der Waals surface area contributed by atoms with Gasteiger partial charge in [0.2, 0.25) is 11.7 Å². The lowest BCUT2D eigenvalue weighted by atomic mass is 9.92. The van der Waals surface area contributed by atoms with Crippen LogP contribution >= 0.6 is 11.6 Å². The van der Waals surface area contributed by atoms with Gasteiger partial charge in [0.05, 0.1) is 12.0 Å². The van der Waals surface area contributed by atoms with E-state index in [0.29, 0.717) is 30.4 Å². The number of halogens is 1. The maximum absolute atomic E-state index is 12.7. The number of tetrazole rings is 1. The van der Waals surface area contributed by atoms with E-state index in [-0.39, 0.29) is 5.91 Å². The average molecular weight is 426 g/mol. The second-order valence-corrected chi connectivity index (χ2v) is 8.48. The molecule has 0 radical (unpaired) electrons. The van der Waals surface area contributed by atoms with Crippen molar-refractivity contribution in [3.63, 3.8) is 0 Å². The van der Waals surface area contributed by atoms with Crippen LogP contribution in [-0.2, 0) is 24.2 Å². The zero-order valence-corrected chi connectivity index (χ0v) is 18.5. The number of nitrogens with zero attached hydrogens (tertiary/aromatic N) is 4. The van der Waals surface area contributed by atoms with Gasteiger partial charge in [-0.1, -0.05) is 67.4 Å². The van der Waals surface area contributed by atoms with Crippen molar-refractivity contribution < 1.29 is 4.79 Å². The van der Waals surface area contributed by atoms with Gasteiger partial charge >= 0.3 is 0 Å². The van der Waals surface area contributed by atoms with E-state index in [1.54, 1.807) is 0 Å². The van der Waals surface area contributed by atoms with Crippen LogP contribution in [0, 0.1) is 5.41 Å². The Morgan fingerprint density at radius 1 is 1.10 bits per heavy atom. The Balaban J connectivity index is 1.56. The summed E-state index contributed by atoms with van der Waals surface area (Å²) in [5, 5.41) is 16.5. The van der Waals surface area contributed by atoms with Crippen LogP contribution in [0.1, 0.15) is 38.3 Å². The summed E-state index contributed by atoms with van der Waals surface area (Å²) in [5.41, 5.74) is 2.56. The Hall–Kier alpha value is -2.73. The predicted octanol–water partition coefficient (Wildman–Crippen LogP) is 4.33. The molecular formula is C23H28ClN5O. The number of benzene rings is 2. The van der Waals surface area contributed by atoms with Gasteiger partial charge in [0, 0.05) is 17.1 Å². The lowest BCUT2D eigenvalue weighted by Crippen LogP contribution is -2.41. The second kappa shape index (κ2) is 9.85. The summed E-state index contributed by atoms with van der Waals surface area (Å²) in [5.74, 6) is 0.505. The number of nitrogens with one attached hydrogen (secondary N) is 1. The zero-order chi connectivity index (χ0) is 21.6. The summed E-state index contributed by atoms with van der Waals surface area (Å²) in [6.07, 6.45) is 2.85. The quantitative estimate of drug-likeness (QED) is 0.553. The van der Waals surface area contributed by atoms with Gasteiger partial charge in [-0.15, -0.1) is 10.2 Å². The molecule has 1 N–H and O–H groups in total. The van der Waals surface area contributed by atoms with Gasteiger partial charge in [0.1, 0.15) is 0 Å². The molecule has 30 heavy (non-hydrogen) atoms. The van der Waals surface area contributed by atoms with Crippen LogP contribution in [0.5, 0.6) is 0 Å². The van der Waals surface area contributed by atoms with Crippen LogP contribution in [0.15, 0.2) is 48.5 Å². The van der Waals surface area contributed by atoms with Crippen LogP contribution in [0.4, 0.5) is 0 Å². The number of hydrogen-bond acceptors (Lipinski definition) is 4. The van der Waals surface area contributed by atoms with Gasteiger partial charge in [0.25, 0.3) is 0 Å². The monoisotopic (exact) mass is 425 g/mol. The highest BCUT2D eigenvalue weighted by molar-refractivity contribution is 6.31. The molecule has 2 aromatic carbocycles. The van der Waals surface area contributed by atoms with Crippen molar-refractivity contribution in [2.45, 2.75) is 46.6 Å². The molecule has 0 aliphatic heterocycles. The van der Waals surface area contributed by atoms with Gasteiger partial charge in [-0.2, -0.15) is 4.80 Å². The van der Waals surface area contributed by atoms with E-state index in [4.69, 9.17) is 11.6 Å². The Morgan fingerprint density at radius 3 is 2.53 bits per heavy atom. The Labute approximate surface area is 182 Å². The largest absolute Gasteiger partial charge is 0.355 e. The van der Waals surface area contributed by atoms with Crippen molar-refractivity contribution in [2.75, 3.05) is 6.54 Å². The normalized spacial score (nSPS) is 11.5. The van der Waals surface area contributed by atoms with E-state index < -0.39 is 5.41 Å². The third-order valence-electron chi connectivity index (χ3n) is 4.99. The molecule has 0 fully saturated rings. The second-order valence-electron chi connectivity index (χ2n) is 8.07. The zero-order valence-electron chi connectivity index (χ0n) is 17.7. The van der Waals surface area contributed by atoms with Crippen molar-refractivity contribution in [1.82, 2.24) is 25.5 Å². The molecule has 6 nitrogen and oxygen atoms in total. The highest BCUT2D eigenvalue weighted by atomic mass is 35.5. The minimum Gasteiger partial charge on any atom is -0.355 e. The summed E-state index contributed by atoms with van der Waals surface area (Å²) in [6.45, 7) is 6.77. The summed E-state index contributed by atoms with van der Waals surface area (Å²) in [4.78, 5) is 14.2. The number of amides is 1. The molecule has 0 saturated heterocycles. The summed E-state index contributed by atoms with van der Waals surface area (Å²) < 4.78 is 0. The highest BCUT2D eigenvalue weighted by Crippen LogP contribution is 2.20. The fourth-order valence-corrected chi connectivity index (χ4v) is 3.44. The lowest BCUT2D eigenvalue weighted by molar-refractivity contribution is -0.130. The number of rotatable bonds is 9. The fraction of sp³-hybridized carbons (Fsp3) is 0.391. The lowest BCUT2D eigenvalue weighted by Gasteiger charge is -2.22. The third kappa shape index (κ3) is 5.66. The molecular weight excluding hydrogens is 398 g/mol. The molecule has 0 spiro atoms. The van der Waals surface area contributed by atoms with Crippen LogP contribution < -0.4 is 5.32 Å². The Kier molecular flexibility index (Phi) is 7.21. The van der Waals surface area contributed by atoms with Crippen LogP contribution in [-0.4, -0.2) is 32.7 Å². The van der Waals surface area contributed by atoms with Gasteiger partial charge < -0.3 is 5.32 Å². The molecule has 0 aliphatic carbocycles. The van der Waals surface area contributed by atoms with E-state index in [9.17, 15) is 4.79 Å². The number of carbonyl (C=O) groups is 1. The van der Waals surface area contributed by atoms with Crippen molar-refractivity contribution in [1.29, 1.82) is 0 Å². The predicted molar refractivity (Wildman–Crippen MR) is 119 cm³/mol. The van der Waals surface area contributed by atoms with E-state index in [0.717, 1.165) is 24.0 Å². The average Bonchev–Trinajstić information content (AvgIpc) is 3.18. The topological polar surface area (TPSA) is 72.7 Å². The maximum Gasteiger partial charge on any atom is 0.227 e. The minimum atomic E-state index is -0.677. The fourth-order valence-electron chi connectivity index (χ4n) is 3.21. The summed E-state index contributed by atoms with van der Waals surface area (Å²) in [7, 11) is 0. The Bertz CT molecular complexity index is 981. The first-order valence-corrected chi connectivity index (χ1v) is 10.7. The SMILES string of the molecule is CCCc1ccc(-c2nnn(CC(C)(C)C(=O)NCCc3ccccc3Cl)n2)cc1. The van der Waals surface area contributed by atoms with Gasteiger partial charge in [-0.25, -0.2) is 0 Å². The molecule has 0 bridgehead atoms. The molecule has 3 aromatic rings. The van der Waals surface area contributed by atoms with Crippen molar-refractivity contribution in [3.05, 3.63) is 64.7 Å². The molecule has 1 amide bonds. The van der Waals surface area contributed by atoms with Gasteiger partial charge in [-0.05, 0) is 49.1 Å². The first-order valence-electron chi connectivity index (χ1n) is 10.3. The molecule has 0 unspecified atom stereocenters. The van der Waals surface area contributed by atoms with Crippen molar-refractivity contribution in [3.8, 4) is 11.4 Å². The van der Waals surface area contributed by atoms with E-state index in [1.807, 2.05) is 50.2 Å². The summed E-state index contributed by atoms with van der Waals surface area (Å²) in [6, 6.07) is 15.9. The molecule has 1 aromatic heterocycles. The number of aromatic nitrogens is 4. The molecule has 3 rings (SSSR count). The molecule has 7 heteroatoms. The number of aryl methyl sites for hydroxylation is 1. The minimum absolute atomic E-state index is 0.0580. The van der Waals surface area contributed by atoms with Crippen LogP contribution in [0.2, 0.25) is 5.02 Å². The molecule has 1 heterocycles. The van der Waals surface area contributed by atoms with Crippen molar-refractivity contribution >= 4 is 17.5 Å². The van der Waals surface area contributed by atoms with E-state index in [1.165, 1.54) is 10.4 Å². The van der Waals surface area contributed by atoms with Crippen molar-refractivity contribution in [2.24, 2.45) is 5.41 Å². The Morgan fingerprint density at radius 2 is 1.83 bits per heavy atom. The van der Waals surface area contributed by atoms with Crippen LogP contribution in [0.25, 0.3) is 11.4 Å². The smallest absolute Gasteiger partial charge is 0.227 e. The third-order valence-corrected chi connectivity index (χ3v) is 5.36. The first-order chi connectivity index (χ1) is 14.4. The van der Waals surface area contributed by atoms with Crippen LogP contribution in [0.3, 0.4) is 0 Å². The molecule has 0 aliphatic rings. The summed E-state index contributed by atoms with van der Waals surface area (Å²) >= 11 is 6.17. The highest BCUT2D eigenvalue weighted by Gasteiger charge is 2.29. The molecule has 0 saturated carbocycles. The van der Waals surface area contributed by atoms with E-state index >= 15 is 0 Å². The number of carbonyl (C=O) groups excluding carboxylic acids is 1. The molecule has 0 atom stereocenters. The number of hydrogen-bond donors (Lipinski definition) is 1. The standard InChI is InChI=1S/C23H28ClN5O/c1-4-7-17-10-12-19(13-11-17)21-26-28-29(27-21)16-23(2,3)22(30)25-15-14-18-8-5-6-9-20(18)24/h5-6,8-13H,4,7,14-16H2,1-3H3,(H,25,30).